The van der Waals surface area contributed by atoms with Gasteiger partial charge >= 0.3 is 12.1 Å². The summed E-state index contributed by atoms with van der Waals surface area (Å²) in [5.41, 5.74) is 0.0347. The Morgan fingerprint density at radius 1 is 1.18 bits per heavy atom. The molecule has 4 aromatic rings. The molecule has 1 aromatic carbocycles. The van der Waals surface area contributed by atoms with Crippen LogP contribution in [0, 0.1) is 11.8 Å². The molecule has 34 heavy (non-hydrogen) atoms. The number of benzene rings is 1. The van der Waals surface area contributed by atoms with Crippen LogP contribution in [0.3, 0.4) is 0 Å². The molecule has 0 saturated heterocycles. The molecule has 3 heterocycles. The first kappa shape index (κ1) is 21.2. The van der Waals surface area contributed by atoms with Crippen molar-refractivity contribution < 1.29 is 28.3 Å². The molecule has 0 aliphatic heterocycles. The monoisotopic (exact) mass is 462 g/mol. The normalized spacial score (nSPS) is 14.8. The summed E-state index contributed by atoms with van der Waals surface area (Å²) in [6, 6.07) is 9.31. The van der Waals surface area contributed by atoms with E-state index >= 15 is 0 Å². The maximum absolute atomic E-state index is 12.4. The number of nitrogens with zero attached hydrogens (tertiary/aromatic N) is 5. The van der Waals surface area contributed by atoms with Crippen molar-refractivity contribution in [3.63, 3.8) is 0 Å². The van der Waals surface area contributed by atoms with Crippen molar-refractivity contribution in [2.75, 3.05) is 5.32 Å². The predicted octanol–water partition coefficient (Wildman–Crippen LogP) is 2.77. The molecule has 1 aliphatic rings. The number of aromatic nitrogens is 5. The zero-order chi connectivity index (χ0) is 23.9. The molecule has 0 spiro atoms. The maximum Gasteiger partial charge on any atom is 0.413 e. The summed E-state index contributed by atoms with van der Waals surface area (Å²) in [4.78, 5) is 32.0. The number of hydrogen-bond donors (Lipinski definition) is 2. The Morgan fingerprint density at radius 2 is 1.91 bits per heavy atom. The molecule has 1 saturated carbocycles. The summed E-state index contributed by atoms with van der Waals surface area (Å²) < 4.78 is 17.7. The number of aryl methyl sites for hydroxylation is 1. The topological polar surface area (TPSA) is 158 Å². The Balaban J connectivity index is 1.30. The number of amides is 1. The molecule has 2 N–H and O–H groups in total. The average Bonchev–Trinajstić information content (AvgIpc) is 3.26. The number of rotatable bonds is 5. The number of ether oxygens (including phenoxy) is 1. The number of carboxylic acid groups (broad SMARTS) is 1. The van der Waals surface area contributed by atoms with Crippen LogP contribution in [0.15, 0.2) is 39.2 Å². The van der Waals surface area contributed by atoms with Gasteiger partial charge < -0.3 is 18.7 Å². The average molecular weight is 462 g/mol. The van der Waals surface area contributed by atoms with Crippen molar-refractivity contribution in [3.05, 3.63) is 53.4 Å². The van der Waals surface area contributed by atoms with Crippen LogP contribution in [-0.2, 0) is 22.0 Å². The number of carboxylic acids is 1. The zero-order valence-corrected chi connectivity index (χ0v) is 18.1. The zero-order valence-electron chi connectivity index (χ0n) is 18.1. The number of anilines is 1. The van der Waals surface area contributed by atoms with E-state index in [1.54, 1.807) is 14.0 Å². The lowest BCUT2D eigenvalue weighted by molar-refractivity contribution is -0.140. The van der Waals surface area contributed by atoms with Gasteiger partial charge in [-0.05, 0) is 31.2 Å². The molecule has 1 amide bonds. The van der Waals surface area contributed by atoms with Crippen LogP contribution in [-0.4, -0.2) is 42.1 Å². The Hall–Kier alpha value is -4.66. The fraction of sp³-hybridized carbons (Fsp3) is 0.273. The van der Waals surface area contributed by atoms with E-state index in [-0.39, 0.29) is 34.7 Å². The van der Waals surface area contributed by atoms with Crippen LogP contribution in [0.5, 0.6) is 0 Å². The molecule has 1 aliphatic carbocycles. The van der Waals surface area contributed by atoms with E-state index in [0.717, 1.165) is 5.56 Å². The molecule has 1 atom stereocenters. The second-order valence-corrected chi connectivity index (χ2v) is 7.78. The highest BCUT2D eigenvalue weighted by atomic mass is 16.6. The molecule has 1 unspecified atom stereocenters. The van der Waals surface area contributed by atoms with Gasteiger partial charge in [0, 0.05) is 13.0 Å². The third-order valence-electron chi connectivity index (χ3n) is 5.43. The van der Waals surface area contributed by atoms with Gasteiger partial charge in [0.1, 0.15) is 11.5 Å². The van der Waals surface area contributed by atoms with Crippen LogP contribution in [0.1, 0.15) is 48.9 Å². The third kappa shape index (κ3) is 3.83. The number of oxazole rings is 2. The minimum Gasteiger partial charge on any atom is -0.480 e. The highest BCUT2D eigenvalue weighted by molar-refractivity contribution is 5.85. The van der Waals surface area contributed by atoms with Gasteiger partial charge in [0.25, 0.3) is 17.3 Å². The van der Waals surface area contributed by atoms with Crippen molar-refractivity contribution in [1.82, 2.24) is 25.0 Å². The Morgan fingerprint density at radius 3 is 2.59 bits per heavy atom. The van der Waals surface area contributed by atoms with E-state index < -0.39 is 23.6 Å². The Labute approximate surface area is 191 Å². The van der Waals surface area contributed by atoms with E-state index in [4.69, 9.17) is 13.6 Å². The summed E-state index contributed by atoms with van der Waals surface area (Å²) in [6.07, 6.45) is -0.254. The van der Waals surface area contributed by atoms with Gasteiger partial charge in [0.15, 0.2) is 11.5 Å². The molecule has 172 valence electrons. The maximum atomic E-state index is 12.4. The highest BCUT2D eigenvalue weighted by Crippen LogP contribution is 2.48. The number of aliphatic carboxylic acids is 1. The molecular weight excluding hydrogens is 444 g/mol. The van der Waals surface area contributed by atoms with Gasteiger partial charge in [-0.2, -0.15) is 9.97 Å². The quantitative estimate of drug-likeness (QED) is 0.422. The minimum absolute atomic E-state index is 0.00940. The second kappa shape index (κ2) is 8.04. The van der Waals surface area contributed by atoms with Crippen molar-refractivity contribution in [2.45, 2.75) is 31.3 Å². The van der Waals surface area contributed by atoms with Gasteiger partial charge in [0.05, 0.1) is 0 Å². The molecular formula is C22H18N6O6. The molecule has 5 rings (SSSR count). The largest absolute Gasteiger partial charge is 0.480 e. The SMILES string of the molecule is CC(OC(=O)Nc1c(C#Cc2nc3oc(C4(C(=O)O)CC4)nc3o2)nnn1C)c1ccccc1. The number of hydrogen-bond acceptors (Lipinski definition) is 9. The minimum atomic E-state index is -1.10. The van der Waals surface area contributed by atoms with Gasteiger partial charge in [-0.25, -0.2) is 9.48 Å². The molecule has 12 heteroatoms. The number of nitrogens with one attached hydrogen (secondary N) is 1. The fourth-order valence-electron chi connectivity index (χ4n) is 3.32. The first-order chi connectivity index (χ1) is 16.4. The number of carbonyl (C=O) groups is 2. The lowest BCUT2D eigenvalue weighted by Crippen LogP contribution is -2.19. The predicted molar refractivity (Wildman–Crippen MR) is 115 cm³/mol. The van der Waals surface area contributed by atoms with Gasteiger partial charge in [-0.3, -0.25) is 10.1 Å². The van der Waals surface area contributed by atoms with Gasteiger partial charge in [-0.15, -0.1) is 5.10 Å². The number of fused-ring (bicyclic) bond motifs is 1. The second-order valence-electron chi connectivity index (χ2n) is 7.78. The van der Waals surface area contributed by atoms with Crippen LogP contribution < -0.4 is 5.32 Å². The summed E-state index contributed by atoms with van der Waals surface area (Å²) in [5, 5.41) is 19.8. The van der Waals surface area contributed by atoms with Crippen molar-refractivity contribution in [3.8, 4) is 11.8 Å². The number of carbonyl (C=O) groups excluding carboxylic acids is 1. The first-order valence-electron chi connectivity index (χ1n) is 10.3. The Kier molecular flexibility index (Phi) is 5.01. The first-order valence-corrected chi connectivity index (χ1v) is 10.3. The lowest BCUT2D eigenvalue weighted by Gasteiger charge is -2.14. The van der Waals surface area contributed by atoms with E-state index in [2.05, 4.69) is 37.4 Å². The highest BCUT2D eigenvalue weighted by Gasteiger charge is 2.56. The van der Waals surface area contributed by atoms with E-state index in [1.807, 2.05) is 30.3 Å². The van der Waals surface area contributed by atoms with Gasteiger partial charge in [0.2, 0.25) is 5.89 Å². The molecule has 1 fully saturated rings. The van der Waals surface area contributed by atoms with Crippen LogP contribution in [0.25, 0.3) is 11.4 Å². The smallest absolute Gasteiger partial charge is 0.413 e. The van der Waals surface area contributed by atoms with E-state index in [9.17, 15) is 14.7 Å². The van der Waals surface area contributed by atoms with Crippen molar-refractivity contribution >= 4 is 29.3 Å². The lowest BCUT2D eigenvalue weighted by atomic mass is 10.1. The van der Waals surface area contributed by atoms with Crippen LogP contribution in [0.2, 0.25) is 0 Å². The van der Waals surface area contributed by atoms with E-state index in [1.165, 1.54) is 4.68 Å². The summed E-state index contributed by atoms with van der Waals surface area (Å²) >= 11 is 0. The van der Waals surface area contributed by atoms with Crippen LogP contribution >= 0.6 is 0 Å². The summed E-state index contributed by atoms with van der Waals surface area (Å²) in [5.74, 6) is 4.71. The molecule has 0 bridgehead atoms. The van der Waals surface area contributed by atoms with Crippen LogP contribution in [0.4, 0.5) is 10.6 Å². The standard InChI is InChI=1S/C22H18N6O6/c1-12(13-6-4-3-5-7-13)32-21(31)24-16-14(26-27-28(16)2)8-9-15-23-17-18(33-15)25-19(34-17)22(10-11-22)20(29)30/h3-7,12H,10-11H2,1-2H3,(H,24,31)(H,29,30). The molecule has 12 nitrogen and oxygen atoms in total. The van der Waals surface area contributed by atoms with Crippen molar-refractivity contribution in [2.24, 2.45) is 7.05 Å². The molecule has 3 aromatic heterocycles. The van der Waals surface area contributed by atoms with Crippen molar-refractivity contribution in [1.29, 1.82) is 0 Å². The Bertz CT molecular complexity index is 1420. The summed E-state index contributed by atoms with van der Waals surface area (Å²) in [6.45, 7) is 1.76. The third-order valence-corrected chi connectivity index (χ3v) is 5.43. The van der Waals surface area contributed by atoms with Gasteiger partial charge in [-0.1, -0.05) is 35.5 Å². The molecule has 0 radical (unpaired) electrons. The van der Waals surface area contributed by atoms with E-state index in [0.29, 0.717) is 12.8 Å². The fourth-order valence-corrected chi connectivity index (χ4v) is 3.32. The summed E-state index contributed by atoms with van der Waals surface area (Å²) in [7, 11) is 1.59.